The van der Waals surface area contributed by atoms with Crippen molar-refractivity contribution in [2.75, 3.05) is 23.7 Å². The van der Waals surface area contributed by atoms with Crippen molar-refractivity contribution in [3.8, 4) is 0 Å². The Labute approximate surface area is 242 Å². The molecule has 2 heterocycles. The molecule has 2 fully saturated rings. The van der Waals surface area contributed by atoms with E-state index in [1.165, 1.54) is 31.2 Å². The van der Waals surface area contributed by atoms with Gasteiger partial charge in [0, 0.05) is 42.8 Å². The van der Waals surface area contributed by atoms with Gasteiger partial charge in [-0.1, -0.05) is 36.6 Å². The van der Waals surface area contributed by atoms with Gasteiger partial charge in [0.25, 0.3) is 0 Å². The molecule has 2 aliphatic rings. The molecular weight excluding hydrogens is 554 g/mol. The number of hydrogen-bond acceptors (Lipinski definition) is 7. The van der Waals surface area contributed by atoms with Gasteiger partial charge >= 0.3 is 0 Å². The molecule has 37 heavy (non-hydrogen) atoms. The van der Waals surface area contributed by atoms with Crippen LogP contribution in [0.4, 0.5) is 11.8 Å². The number of halogens is 4. The highest BCUT2D eigenvalue weighted by Crippen LogP contribution is 2.33. The van der Waals surface area contributed by atoms with Gasteiger partial charge in [-0.2, -0.15) is 9.97 Å². The number of nitrogens with one attached hydrogen (secondary N) is 3. The van der Waals surface area contributed by atoms with E-state index in [0.717, 1.165) is 67.3 Å². The van der Waals surface area contributed by atoms with Gasteiger partial charge in [-0.25, -0.2) is 4.98 Å². The summed E-state index contributed by atoms with van der Waals surface area (Å²) in [5.41, 5.74) is 9.08. The maximum absolute atomic E-state index is 6.10. The number of rotatable bonds is 9. The van der Waals surface area contributed by atoms with Crippen molar-refractivity contribution in [2.45, 2.75) is 76.0 Å². The minimum Gasteiger partial charge on any atom is -0.367 e. The zero-order chi connectivity index (χ0) is 23.3. The van der Waals surface area contributed by atoms with E-state index in [-0.39, 0.29) is 37.2 Å². The largest absolute Gasteiger partial charge is 0.367 e. The fraction of sp³-hybridized carbons (Fsp3) is 0.560. The molecule has 0 amide bonds. The van der Waals surface area contributed by atoms with Gasteiger partial charge in [-0.3, -0.25) is 0 Å². The van der Waals surface area contributed by atoms with E-state index in [2.05, 4.69) is 20.5 Å². The molecule has 3 aromatic rings. The quantitative estimate of drug-likeness (QED) is 0.235. The summed E-state index contributed by atoms with van der Waals surface area (Å²) < 4.78 is 2.26. The van der Waals surface area contributed by atoms with Gasteiger partial charge < -0.3 is 26.3 Å². The highest BCUT2D eigenvalue weighted by Gasteiger charge is 2.23. The van der Waals surface area contributed by atoms with Crippen LogP contribution < -0.4 is 21.7 Å². The van der Waals surface area contributed by atoms with Crippen molar-refractivity contribution < 1.29 is 0 Å². The molecule has 0 unspecified atom stereocenters. The number of hydrogen-bond donors (Lipinski definition) is 4. The molecule has 2 aromatic heterocycles. The van der Waals surface area contributed by atoms with E-state index < -0.39 is 0 Å². The monoisotopic (exact) mass is 590 g/mol. The first-order chi connectivity index (χ1) is 16.7. The molecule has 0 bridgehead atoms. The number of nitrogens with two attached hydrogens (primary N) is 1. The van der Waals surface area contributed by atoms with E-state index in [0.29, 0.717) is 24.1 Å². The molecule has 0 saturated heterocycles. The highest BCUT2D eigenvalue weighted by atomic mass is 35.5. The third-order valence-electron chi connectivity index (χ3n) is 7.08. The molecule has 2 aliphatic carbocycles. The normalized spacial score (nSPS) is 19.5. The van der Waals surface area contributed by atoms with E-state index in [4.69, 9.17) is 32.3 Å². The molecule has 5 N–H and O–H groups in total. The van der Waals surface area contributed by atoms with E-state index in [1.807, 2.05) is 30.6 Å². The number of imidazole rings is 1. The van der Waals surface area contributed by atoms with Gasteiger partial charge in [0.2, 0.25) is 5.95 Å². The average Bonchev–Trinajstić information content (AvgIpc) is 3.51. The van der Waals surface area contributed by atoms with Crippen molar-refractivity contribution in [1.29, 1.82) is 0 Å². The number of fused-ring (bicyclic) bond motifs is 1. The molecule has 0 spiro atoms. The minimum absolute atomic E-state index is 0. The number of nitrogens with zero attached hydrogens (tertiary/aromatic N) is 4. The van der Waals surface area contributed by atoms with Crippen molar-refractivity contribution in [2.24, 2.45) is 5.73 Å². The van der Waals surface area contributed by atoms with Crippen molar-refractivity contribution in [1.82, 2.24) is 24.8 Å². The summed E-state index contributed by atoms with van der Waals surface area (Å²) in [6.45, 7) is 2.35. The van der Waals surface area contributed by atoms with Gasteiger partial charge in [0.05, 0.1) is 6.33 Å². The van der Waals surface area contributed by atoms with E-state index in [1.54, 1.807) is 0 Å². The smallest absolute Gasteiger partial charge is 0.227 e. The lowest BCUT2D eigenvalue weighted by atomic mass is 9.92. The zero-order valence-corrected chi connectivity index (χ0v) is 24.1. The number of benzene rings is 1. The van der Waals surface area contributed by atoms with E-state index >= 15 is 0 Å². The van der Waals surface area contributed by atoms with Crippen LogP contribution in [0.15, 0.2) is 30.6 Å². The molecule has 8 nitrogen and oxygen atoms in total. The molecule has 0 atom stereocenters. The zero-order valence-electron chi connectivity index (χ0n) is 20.9. The molecule has 12 heteroatoms. The van der Waals surface area contributed by atoms with Crippen LogP contribution in [0.3, 0.4) is 0 Å². The second-order valence-corrected chi connectivity index (χ2v) is 10.1. The second kappa shape index (κ2) is 15.1. The topological polar surface area (TPSA) is 106 Å². The van der Waals surface area contributed by atoms with Crippen LogP contribution in [0.2, 0.25) is 5.02 Å². The van der Waals surface area contributed by atoms with Crippen LogP contribution in [-0.2, 0) is 6.54 Å². The van der Waals surface area contributed by atoms with Crippen LogP contribution in [0.25, 0.3) is 11.2 Å². The Morgan fingerprint density at radius 2 is 1.62 bits per heavy atom. The third-order valence-corrected chi connectivity index (χ3v) is 7.33. The second-order valence-electron chi connectivity index (χ2n) is 9.64. The van der Waals surface area contributed by atoms with Gasteiger partial charge in [0.1, 0.15) is 0 Å². The Bertz CT molecular complexity index is 1080. The van der Waals surface area contributed by atoms with Crippen LogP contribution >= 0.6 is 48.8 Å². The Kier molecular flexibility index (Phi) is 13.0. The summed E-state index contributed by atoms with van der Waals surface area (Å²) >= 11 is 5.97. The summed E-state index contributed by atoms with van der Waals surface area (Å²) in [4.78, 5) is 14.5. The molecule has 2 saturated carbocycles. The summed E-state index contributed by atoms with van der Waals surface area (Å²) in [7, 11) is 0. The lowest BCUT2D eigenvalue weighted by molar-refractivity contribution is 0.410. The predicted octanol–water partition coefficient (Wildman–Crippen LogP) is 5.74. The molecular formula is C25H38Cl4N8. The van der Waals surface area contributed by atoms with Crippen molar-refractivity contribution in [3.63, 3.8) is 0 Å². The first-order valence-corrected chi connectivity index (χ1v) is 13.0. The number of anilines is 2. The Morgan fingerprint density at radius 1 is 0.919 bits per heavy atom. The molecule has 0 aliphatic heterocycles. The predicted molar refractivity (Wildman–Crippen MR) is 160 cm³/mol. The molecule has 0 radical (unpaired) electrons. The summed E-state index contributed by atoms with van der Waals surface area (Å²) in [5, 5.41) is 11.3. The first-order valence-electron chi connectivity index (χ1n) is 12.6. The maximum Gasteiger partial charge on any atom is 0.227 e. The van der Waals surface area contributed by atoms with Crippen LogP contribution in [0.5, 0.6) is 0 Å². The maximum atomic E-state index is 6.10. The van der Waals surface area contributed by atoms with Crippen LogP contribution in [-0.4, -0.2) is 44.7 Å². The fourth-order valence-electron chi connectivity index (χ4n) is 5.10. The molecule has 5 rings (SSSR count). The van der Waals surface area contributed by atoms with E-state index in [9.17, 15) is 0 Å². The van der Waals surface area contributed by atoms with Gasteiger partial charge in [-0.15, -0.1) is 37.2 Å². The van der Waals surface area contributed by atoms with Gasteiger partial charge in [-0.05, 0) is 56.2 Å². The Hall–Kier alpha value is -1.55. The fourth-order valence-corrected chi connectivity index (χ4v) is 5.23. The van der Waals surface area contributed by atoms with Crippen LogP contribution in [0, 0.1) is 0 Å². The van der Waals surface area contributed by atoms with Gasteiger partial charge in [0.15, 0.2) is 17.0 Å². The summed E-state index contributed by atoms with van der Waals surface area (Å²) in [6, 6.07) is 9.10. The van der Waals surface area contributed by atoms with Crippen LogP contribution in [0.1, 0.15) is 63.0 Å². The standard InChI is InChI=1S/C25H35ClN8.3ClH/c26-18-7-5-17(6-8-18)15-28-13-14-29-23-22-24(34(16-30-22)21-3-1-2-4-21)33-25(32-23)31-20-11-9-19(27)10-12-20;;;/h5-8,16,19-21,28H,1-4,9-15,27H2,(H2,29,31,32,33);3*1H. The Balaban J connectivity index is 0.00000160. The average molecular weight is 592 g/mol. The molecule has 1 aromatic carbocycles. The Morgan fingerprint density at radius 3 is 2.32 bits per heavy atom. The minimum atomic E-state index is 0. The summed E-state index contributed by atoms with van der Waals surface area (Å²) in [6.07, 6.45) is 11.1. The lowest BCUT2D eigenvalue weighted by Gasteiger charge is -2.27. The summed E-state index contributed by atoms with van der Waals surface area (Å²) in [5.74, 6) is 1.48. The third kappa shape index (κ3) is 8.22. The highest BCUT2D eigenvalue weighted by molar-refractivity contribution is 6.30. The first kappa shape index (κ1) is 31.7. The lowest BCUT2D eigenvalue weighted by Crippen LogP contribution is -2.33. The molecule has 206 valence electrons. The number of aromatic nitrogens is 4. The van der Waals surface area contributed by atoms with Crippen molar-refractivity contribution >= 4 is 71.8 Å². The SMILES string of the molecule is Cl.Cl.Cl.NC1CCC(Nc2nc(NCCNCc3ccc(Cl)cc3)c3ncn(C4CCCC4)c3n2)CC1. The van der Waals surface area contributed by atoms with Crippen molar-refractivity contribution in [3.05, 3.63) is 41.2 Å².